The van der Waals surface area contributed by atoms with Crippen molar-refractivity contribution in [3.63, 3.8) is 0 Å². The van der Waals surface area contributed by atoms with E-state index >= 15 is 0 Å². The number of nitrogens with two attached hydrogens (primary N) is 1. The number of nitrogens with one attached hydrogen (secondary N) is 1. The molecule has 4 nitrogen and oxygen atoms in total. The van der Waals surface area contributed by atoms with Crippen LogP contribution in [-0.4, -0.2) is 17.7 Å². The Bertz CT molecular complexity index is 426. The van der Waals surface area contributed by atoms with Crippen molar-refractivity contribution in [1.82, 2.24) is 5.32 Å². The minimum atomic E-state index is -0.832. The van der Waals surface area contributed by atoms with Crippen LogP contribution < -0.4 is 11.1 Å². The van der Waals surface area contributed by atoms with Crippen molar-refractivity contribution in [1.29, 1.82) is 0 Å². The van der Waals surface area contributed by atoms with Gasteiger partial charge in [-0.25, -0.2) is 4.79 Å². The van der Waals surface area contributed by atoms with E-state index in [4.69, 9.17) is 17.3 Å². The van der Waals surface area contributed by atoms with Gasteiger partial charge in [0.15, 0.2) is 0 Å². The first-order chi connectivity index (χ1) is 8.00. The molecule has 0 aliphatic heterocycles. The molecule has 0 bridgehead atoms. The number of amides is 3. The first-order valence-corrected chi connectivity index (χ1v) is 6.38. The standard InChI is InChI=1S/C11H13ClN2O2S/c1-7(8-4-2-3-5-9(8)12)17-6-10(15)14-11(13)16/h2-5,7H,6H2,1H3,(H3,13,14,15,16)/t7-/m0/s1. The normalized spacial score (nSPS) is 11.9. The lowest BCUT2D eigenvalue weighted by atomic mass is 10.2. The Balaban J connectivity index is 2.50. The molecule has 17 heavy (non-hydrogen) atoms. The minimum Gasteiger partial charge on any atom is -0.351 e. The lowest BCUT2D eigenvalue weighted by molar-refractivity contribution is -0.117. The maximum Gasteiger partial charge on any atom is 0.318 e. The van der Waals surface area contributed by atoms with Crippen LogP contribution in [0, 0.1) is 0 Å². The van der Waals surface area contributed by atoms with Gasteiger partial charge in [-0.15, -0.1) is 11.8 Å². The van der Waals surface area contributed by atoms with Crippen molar-refractivity contribution in [2.45, 2.75) is 12.2 Å². The van der Waals surface area contributed by atoms with Crippen LogP contribution in [0.4, 0.5) is 4.79 Å². The molecule has 92 valence electrons. The molecule has 1 aromatic rings. The van der Waals surface area contributed by atoms with E-state index < -0.39 is 11.9 Å². The first-order valence-electron chi connectivity index (χ1n) is 4.96. The molecule has 0 fully saturated rings. The summed E-state index contributed by atoms with van der Waals surface area (Å²) in [5, 5.41) is 2.75. The van der Waals surface area contributed by atoms with Crippen LogP contribution in [0.25, 0.3) is 0 Å². The Labute approximate surface area is 109 Å². The van der Waals surface area contributed by atoms with E-state index in [1.807, 2.05) is 30.4 Å². The SMILES string of the molecule is C[C@H](SCC(=O)NC(N)=O)c1ccccc1Cl. The monoisotopic (exact) mass is 272 g/mol. The molecule has 0 aromatic heterocycles. The van der Waals surface area contributed by atoms with E-state index in [1.54, 1.807) is 6.07 Å². The van der Waals surface area contributed by atoms with Gasteiger partial charge in [-0.1, -0.05) is 29.8 Å². The molecule has 0 aliphatic rings. The number of urea groups is 1. The van der Waals surface area contributed by atoms with Gasteiger partial charge in [0, 0.05) is 10.3 Å². The maximum absolute atomic E-state index is 11.2. The highest BCUT2D eigenvalue weighted by molar-refractivity contribution is 8.00. The lowest BCUT2D eigenvalue weighted by Crippen LogP contribution is -2.36. The van der Waals surface area contributed by atoms with Crippen LogP contribution in [0.15, 0.2) is 24.3 Å². The smallest absolute Gasteiger partial charge is 0.318 e. The molecular formula is C11H13ClN2O2S. The van der Waals surface area contributed by atoms with Crippen molar-refractivity contribution >= 4 is 35.3 Å². The van der Waals surface area contributed by atoms with Crippen molar-refractivity contribution < 1.29 is 9.59 Å². The van der Waals surface area contributed by atoms with Gasteiger partial charge >= 0.3 is 6.03 Å². The van der Waals surface area contributed by atoms with Gasteiger partial charge in [0.2, 0.25) is 5.91 Å². The first kappa shape index (κ1) is 13.9. The molecular weight excluding hydrogens is 260 g/mol. The fourth-order valence-corrected chi connectivity index (χ4v) is 2.49. The summed E-state index contributed by atoms with van der Waals surface area (Å²) in [5.74, 6) is -0.239. The van der Waals surface area contributed by atoms with E-state index in [0.717, 1.165) is 5.56 Å². The topological polar surface area (TPSA) is 72.2 Å². The number of imide groups is 1. The van der Waals surface area contributed by atoms with Crippen LogP contribution in [0.3, 0.4) is 0 Å². The van der Waals surface area contributed by atoms with Gasteiger partial charge in [0.05, 0.1) is 5.75 Å². The summed E-state index contributed by atoms with van der Waals surface area (Å²) in [6, 6.07) is 6.62. The van der Waals surface area contributed by atoms with E-state index in [1.165, 1.54) is 11.8 Å². The number of halogens is 1. The molecule has 0 heterocycles. The quantitative estimate of drug-likeness (QED) is 0.884. The predicted octanol–water partition coefficient (Wildman–Crippen LogP) is 2.33. The second-order valence-electron chi connectivity index (χ2n) is 3.39. The summed E-state index contributed by atoms with van der Waals surface area (Å²) >= 11 is 7.42. The number of thioether (sulfide) groups is 1. The molecule has 3 amide bonds. The Morgan fingerprint density at radius 2 is 2.12 bits per heavy atom. The van der Waals surface area contributed by atoms with E-state index in [2.05, 4.69) is 0 Å². The molecule has 0 aliphatic carbocycles. The van der Waals surface area contributed by atoms with Crippen LogP contribution >= 0.6 is 23.4 Å². The van der Waals surface area contributed by atoms with E-state index in [-0.39, 0.29) is 11.0 Å². The summed E-state index contributed by atoms with van der Waals surface area (Å²) < 4.78 is 0. The predicted molar refractivity (Wildman–Crippen MR) is 70.1 cm³/mol. The fraction of sp³-hybridized carbons (Fsp3) is 0.273. The van der Waals surface area contributed by atoms with Gasteiger partial charge in [-0.2, -0.15) is 0 Å². The highest BCUT2D eigenvalue weighted by Gasteiger charge is 2.12. The zero-order chi connectivity index (χ0) is 12.8. The zero-order valence-electron chi connectivity index (χ0n) is 9.27. The lowest BCUT2D eigenvalue weighted by Gasteiger charge is -2.12. The second-order valence-corrected chi connectivity index (χ2v) is 5.12. The number of rotatable bonds is 4. The average molecular weight is 273 g/mol. The molecule has 3 N–H and O–H groups in total. The van der Waals surface area contributed by atoms with Crippen molar-refractivity contribution in [2.75, 3.05) is 5.75 Å². The zero-order valence-corrected chi connectivity index (χ0v) is 10.8. The Morgan fingerprint density at radius 3 is 2.71 bits per heavy atom. The number of primary amides is 1. The highest BCUT2D eigenvalue weighted by atomic mass is 35.5. The molecule has 6 heteroatoms. The maximum atomic E-state index is 11.2. The van der Waals surface area contributed by atoms with Crippen molar-refractivity contribution in [3.8, 4) is 0 Å². The van der Waals surface area contributed by atoms with Gasteiger partial charge in [0.1, 0.15) is 0 Å². The summed E-state index contributed by atoms with van der Waals surface area (Å²) in [5.41, 5.74) is 5.80. The van der Waals surface area contributed by atoms with Gasteiger partial charge in [0.25, 0.3) is 0 Å². The van der Waals surface area contributed by atoms with Crippen molar-refractivity contribution in [3.05, 3.63) is 34.9 Å². The number of benzene rings is 1. The summed E-state index contributed by atoms with van der Waals surface area (Å²) in [4.78, 5) is 21.6. The third-order valence-electron chi connectivity index (χ3n) is 2.07. The third-order valence-corrected chi connectivity index (χ3v) is 3.60. The van der Waals surface area contributed by atoms with Gasteiger partial charge < -0.3 is 5.73 Å². The minimum absolute atomic E-state index is 0.0716. The molecule has 0 spiro atoms. The van der Waals surface area contributed by atoms with E-state index in [0.29, 0.717) is 5.02 Å². The van der Waals surface area contributed by atoms with E-state index in [9.17, 15) is 9.59 Å². The summed E-state index contributed by atoms with van der Waals surface area (Å²) in [7, 11) is 0. The number of carbonyl (C=O) groups is 2. The molecule has 0 radical (unpaired) electrons. The average Bonchev–Trinajstić information content (AvgIpc) is 2.25. The fourth-order valence-electron chi connectivity index (χ4n) is 1.27. The van der Waals surface area contributed by atoms with Crippen LogP contribution in [0.2, 0.25) is 5.02 Å². The van der Waals surface area contributed by atoms with Crippen LogP contribution in [0.5, 0.6) is 0 Å². The molecule has 0 saturated carbocycles. The third kappa shape index (κ3) is 4.66. The Hall–Kier alpha value is -1.20. The number of hydrogen-bond acceptors (Lipinski definition) is 3. The number of hydrogen-bond donors (Lipinski definition) is 2. The molecule has 1 aromatic carbocycles. The molecule has 0 saturated heterocycles. The summed E-state index contributed by atoms with van der Waals surface area (Å²) in [6.45, 7) is 1.95. The Kier molecular flexibility index (Phi) is 5.31. The second kappa shape index (κ2) is 6.51. The van der Waals surface area contributed by atoms with Gasteiger partial charge in [-0.05, 0) is 18.6 Å². The van der Waals surface area contributed by atoms with Crippen LogP contribution in [0.1, 0.15) is 17.7 Å². The molecule has 1 atom stereocenters. The van der Waals surface area contributed by atoms with Gasteiger partial charge in [-0.3, -0.25) is 10.1 Å². The highest BCUT2D eigenvalue weighted by Crippen LogP contribution is 2.32. The number of carbonyl (C=O) groups excluding carboxylic acids is 2. The molecule has 0 unspecified atom stereocenters. The largest absolute Gasteiger partial charge is 0.351 e. The van der Waals surface area contributed by atoms with Crippen molar-refractivity contribution in [2.24, 2.45) is 5.73 Å². The molecule has 1 rings (SSSR count). The van der Waals surface area contributed by atoms with Crippen LogP contribution in [-0.2, 0) is 4.79 Å². The Morgan fingerprint density at radius 1 is 1.47 bits per heavy atom. The summed E-state index contributed by atoms with van der Waals surface area (Å²) in [6.07, 6.45) is 0.